The van der Waals surface area contributed by atoms with Crippen LogP contribution >= 0.6 is 0 Å². The Morgan fingerprint density at radius 1 is 1.03 bits per heavy atom. The monoisotopic (exact) mass is 465 g/mol. The maximum absolute atomic E-state index is 13.5. The van der Waals surface area contributed by atoms with Gasteiger partial charge in [0.15, 0.2) is 11.6 Å². The Balaban J connectivity index is 1.52. The van der Waals surface area contributed by atoms with Gasteiger partial charge in [-0.3, -0.25) is 4.79 Å². The van der Waals surface area contributed by atoms with Crippen LogP contribution < -0.4 is 4.74 Å². The van der Waals surface area contributed by atoms with Crippen molar-refractivity contribution in [3.8, 4) is 5.75 Å². The second kappa shape index (κ2) is 10.6. The predicted octanol–water partition coefficient (Wildman–Crippen LogP) is 2.64. The smallest absolute Gasteiger partial charge is 0.339 e. The van der Waals surface area contributed by atoms with Gasteiger partial charge in [0.2, 0.25) is 10.0 Å². The summed E-state index contributed by atoms with van der Waals surface area (Å²) in [5, 5.41) is 0. The molecule has 0 unspecified atom stereocenters. The summed E-state index contributed by atoms with van der Waals surface area (Å²) in [5.41, 5.74) is -0.0358. The van der Waals surface area contributed by atoms with E-state index in [9.17, 15) is 22.4 Å². The highest BCUT2D eigenvalue weighted by Crippen LogP contribution is 2.27. The van der Waals surface area contributed by atoms with Crippen LogP contribution in [0.25, 0.3) is 0 Å². The van der Waals surface area contributed by atoms with Gasteiger partial charge >= 0.3 is 11.9 Å². The molecule has 2 aromatic rings. The van der Waals surface area contributed by atoms with Crippen LogP contribution in [0.2, 0.25) is 0 Å². The van der Waals surface area contributed by atoms with Gasteiger partial charge in [-0.25, -0.2) is 17.6 Å². The minimum Gasteiger partial charge on any atom is -0.487 e. The Hall–Kier alpha value is -2.98. The maximum Gasteiger partial charge on any atom is 0.339 e. The SMILES string of the molecule is COC(=O)c1ccccc1S(=O)(=O)N1CCC(C(=O)OCCOc2ccccc2F)CC1. The van der Waals surface area contributed by atoms with Crippen molar-refractivity contribution in [1.82, 2.24) is 4.31 Å². The fourth-order valence-electron chi connectivity index (χ4n) is 3.41. The lowest BCUT2D eigenvalue weighted by molar-refractivity contribution is -0.150. The largest absolute Gasteiger partial charge is 0.487 e. The summed E-state index contributed by atoms with van der Waals surface area (Å²) >= 11 is 0. The zero-order valence-corrected chi connectivity index (χ0v) is 18.3. The summed E-state index contributed by atoms with van der Waals surface area (Å²) in [6, 6.07) is 11.8. The standard InChI is InChI=1S/C22H24FNO7S/c1-29-22(26)17-6-2-5-9-20(17)32(27,28)24-12-10-16(11-13-24)21(25)31-15-14-30-19-8-4-3-7-18(19)23/h2-9,16H,10-15H2,1H3. The number of carbonyl (C=O) groups excluding carboxylic acids is 2. The van der Waals surface area contributed by atoms with Crippen molar-refractivity contribution in [2.24, 2.45) is 5.92 Å². The number of ether oxygens (including phenoxy) is 3. The van der Waals surface area contributed by atoms with Crippen molar-refractivity contribution in [2.45, 2.75) is 17.7 Å². The number of halogens is 1. The van der Waals surface area contributed by atoms with Crippen LogP contribution in [0.1, 0.15) is 23.2 Å². The third-order valence-corrected chi connectivity index (χ3v) is 7.08. The van der Waals surface area contributed by atoms with E-state index >= 15 is 0 Å². The van der Waals surface area contributed by atoms with Gasteiger partial charge in [-0.2, -0.15) is 4.31 Å². The molecule has 1 aliphatic rings. The second-order valence-corrected chi connectivity index (χ2v) is 9.02. The molecular formula is C22H24FNO7S. The molecule has 2 aromatic carbocycles. The molecule has 0 bridgehead atoms. The van der Waals surface area contributed by atoms with Crippen LogP contribution in [-0.4, -0.2) is 58.1 Å². The molecule has 1 fully saturated rings. The Bertz CT molecular complexity index is 1070. The molecule has 0 aromatic heterocycles. The van der Waals surface area contributed by atoms with E-state index in [2.05, 4.69) is 4.74 Å². The van der Waals surface area contributed by atoms with Crippen molar-refractivity contribution in [3.05, 3.63) is 59.9 Å². The lowest BCUT2D eigenvalue weighted by atomic mass is 9.98. The number of hydrogen-bond acceptors (Lipinski definition) is 7. The van der Waals surface area contributed by atoms with E-state index in [0.29, 0.717) is 0 Å². The number of piperidine rings is 1. The molecule has 8 nitrogen and oxygen atoms in total. The number of hydrogen-bond donors (Lipinski definition) is 0. The molecule has 0 aliphatic carbocycles. The van der Waals surface area contributed by atoms with Crippen LogP contribution in [-0.2, 0) is 24.3 Å². The van der Waals surface area contributed by atoms with Gasteiger partial charge in [0.25, 0.3) is 0 Å². The third kappa shape index (κ3) is 5.43. The van der Waals surface area contributed by atoms with Crippen molar-refractivity contribution >= 4 is 22.0 Å². The van der Waals surface area contributed by atoms with Crippen LogP contribution in [0.3, 0.4) is 0 Å². The molecule has 0 spiro atoms. The van der Waals surface area contributed by atoms with Crippen molar-refractivity contribution in [3.63, 3.8) is 0 Å². The van der Waals surface area contributed by atoms with Gasteiger partial charge in [0.05, 0.1) is 23.5 Å². The highest BCUT2D eigenvalue weighted by Gasteiger charge is 2.34. The molecule has 0 atom stereocenters. The molecule has 1 saturated heterocycles. The number of carbonyl (C=O) groups is 2. The van der Waals surface area contributed by atoms with E-state index < -0.39 is 33.7 Å². The van der Waals surface area contributed by atoms with E-state index in [1.807, 2.05) is 0 Å². The zero-order valence-electron chi connectivity index (χ0n) is 17.5. The van der Waals surface area contributed by atoms with Crippen molar-refractivity contribution in [2.75, 3.05) is 33.4 Å². The first kappa shape index (κ1) is 23.7. The van der Waals surface area contributed by atoms with Crippen LogP contribution in [0.15, 0.2) is 53.4 Å². The number of sulfonamides is 1. The molecule has 172 valence electrons. The van der Waals surface area contributed by atoms with E-state index in [1.165, 1.54) is 41.7 Å². The zero-order chi connectivity index (χ0) is 23.1. The average Bonchev–Trinajstić information content (AvgIpc) is 2.82. The summed E-state index contributed by atoms with van der Waals surface area (Å²) in [5.74, 6) is -2.06. The summed E-state index contributed by atoms with van der Waals surface area (Å²) in [4.78, 5) is 24.1. The lowest BCUT2D eigenvalue weighted by Gasteiger charge is -2.30. The number of methoxy groups -OCH3 is 1. The summed E-state index contributed by atoms with van der Waals surface area (Å²) in [6.45, 7) is 0.190. The summed E-state index contributed by atoms with van der Waals surface area (Å²) in [6.07, 6.45) is 0.569. The average molecular weight is 465 g/mol. The highest BCUT2D eigenvalue weighted by atomic mass is 32.2. The number of rotatable bonds is 8. The maximum atomic E-state index is 13.5. The molecule has 3 rings (SSSR count). The number of benzene rings is 2. The topological polar surface area (TPSA) is 99.2 Å². The van der Waals surface area contributed by atoms with Gasteiger partial charge in [0.1, 0.15) is 13.2 Å². The minimum atomic E-state index is -3.93. The first-order valence-electron chi connectivity index (χ1n) is 10.1. The Morgan fingerprint density at radius 3 is 2.38 bits per heavy atom. The van der Waals surface area contributed by atoms with Gasteiger partial charge < -0.3 is 14.2 Å². The van der Waals surface area contributed by atoms with Crippen molar-refractivity contribution in [1.29, 1.82) is 0 Å². The normalized spacial score (nSPS) is 15.2. The van der Waals surface area contributed by atoms with Gasteiger partial charge in [0, 0.05) is 13.1 Å². The van der Waals surface area contributed by atoms with Gasteiger partial charge in [-0.05, 0) is 37.1 Å². The lowest BCUT2D eigenvalue weighted by Crippen LogP contribution is -2.41. The van der Waals surface area contributed by atoms with Crippen LogP contribution in [0.5, 0.6) is 5.75 Å². The predicted molar refractivity (Wildman–Crippen MR) is 112 cm³/mol. The Labute approximate surface area is 185 Å². The van der Waals surface area contributed by atoms with E-state index in [4.69, 9.17) is 9.47 Å². The summed E-state index contributed by atoms with van der Waals surface area (Å²) < 4.78 is 55.9. The molecule has 32 heavy (non-hydrogen) atoms. The Kier molecular flexibility index (Phi) is 7.81. The van der Waals surface area contributed by atoms with Crippen molar-refractivity contribution < 1.29 is 36.6 Å². The molecule has 10 heteroatoms. The molecule has 0 saturated carbocycles. The number of para-hydroxylation sites is 1. The molecule has 0 N–H and O–H groups in total. The second-order valence-electron chi connectivity index (χ2n) is 7.11. The fraction of sp³-hybridized carbons (Fsp3) is 0.364. The summed E-state index contributed by atoms with van der Waals surface area (Å²) in [7, 11) is -2.74. The first-order valence-corrected chi connectivity index (χ1v) is 11.5. The fourth-order valence-corrected chi connectivity index (χ4v) is 5.06. The molecular weight excluding hydrogens is 441 g/mol. The molecule has 1 heterocycles. The minimum absolute atomic E-state index is 0.00418. The van der Waals surface area contributed by atoms with E-state index in [0.717, 1.165) is 0 Å². The van der Waals surface area contributed by atoms with E-state index in [-0.39, 0.29) is 55.4 Å². The first-order chi connectivity index (χ1) is 15.3. The number of esters is 2. The molecule has 0 radical (unpaired) electrons. The molecule has 0 amide bonds. The van der Waals surface area contributed by atoms with Gasteiger partial charge in [-0.15, -0.1) is 0 Å². The quantitative estimate of drug-likeness (QED) is 0.437. The Morgan fingerprint density at radius 2 is 1.69 bits per heavy atom. The van der Waals surface area contributed by atoms with E-state index in [1.54, 1.807) is 18.2 Å². The molecule has 1 aliphatic heterocycles. The van der Waals surface area contributed by atoms with Crippen LogP contribution in [0.4, 0.5) is 4.39 Å². The highest BCUT2D eigenvalue weighted by molar-refractivity contribution is 7.89. The van der Waals surface area contributed by atoms with Crippen LogP contribution in [0, 0.1) is 11.7 Å². The number of nitrogens with zero attached hydrogens (tertiary/aromatic N) is 1. The third-order valence-electron chi connectivity index (χ3n) is 5.12. The van der Waals surface area contributed by atoms with Gasteiger partial charge in [-0.1, -0.05) is 24.3 Å².